The largest absolute Gasteiger partial charge is 0.364 e. The molecule has 0 radical (unpaired) electrons. The number of rotatable bonds is 5. The molecular weight excluding hydrogens is 274 g/mol. The molecule has 2 aromatic heterocycles. The zero-order valence-electron chi connectivity index (χ0n) is 9.71. The minimum atomic E-state index is -3.52. The standard InChI is InChI=1S/C10H13N3O3S2/c1-7-4-10(17-9(7)5-11)18(14,15)12-6-8-2-3-16-13-8/h2-4,12H,5-6,11H2,1H3. The average molecular weight is 287 g/mol. The topological polar surface area (TPSA) is 98.2 Å². The van der Waals surface area contributed by atoms with Crippen molar-refractivity contribution in [3.05, 3.63) is 34.5 Å². The van der Waals surface area contributed by atoms with E-state index >= 15 is 0 Å². The fraction of sp³-hybridized carbons (Fsp3) is 0.300. The fourth-order valence-electron chi connectivity index (χ4n) is 1.39. The summed E-state index contributed by atoms with van der Waals surface area (Å²) in [7, 11) is -3.52. The van der Waals surface area contributed by atoms with E-state index in [0.29, 0.717) is 12.2 Å². The van der Waals surface area contributed by atoms with E-state index in [2.05, 4.69) is 14.4 Å². The number of sulfonamides is 1. The number of hydrogen-bond donors (Lipinski definition) is 2. The van der Waals surface area contributed by atoms with E-state index in [-0.39, 0.29) is 10.8 Å². The molecule has 0 unspecified atom stereocenters. The number of thiophene rings is 1. The SMILES string of the molecule is Cc1cc(S(=O)(=O)NCc2ccon2)sc1CN. The Balaban J connectivity index is 2.14. The van der Waals surface area contributed by atoms with Crippen LogP contribution in [0, 0.1) is 6.92 Å². The molecule has 0 aliphatic heterocycles. The van der Waals surface area contributed by atoms with Crippen molar-refractivity contribution >= 4 is 21.4 Å². The van der Waals surface area contributed by atoms with Crippen LogP contribution >= 0.6 is 11.3 Å². The summed E-state index contributed by atoms with van der Waals surface area (Å²) < 4.78 is 31.4. The molecule has 0 saturated carbocycles. The molecule has 18 heavy (non-hydrogen) atoms. The number of hydrogen-bond acceptors (Lipinski definition) is 6. The van der Waals surface area contributed by atoms with Gasteiger partial charge in [0.1, 0.15) is 10.5 Å². The molecule has 0 aromatic carbocycles. The Kier molecular flexibility index (Phi) is 3.81. The van der Waals surface area contributed by atoms with Crippen molar-refractivity contribution in [2.75, 3.05) is 0 Å². The van der Waals surface area contributed by atoms with Gasteiger partial charge < -0.3 is 10.3 Å². The Morgan fingerprint density at radius 3 is 2.89 bits per heavy atom. The third-order valence-electron chi connectivity index (χ3n) is 2.38. The number of nitrogens with zero attached hydrogens (tertiary/aromatic N) is 1. The second kappa shape index (κ2) is 5.19. The van der Waals surface area contributed by atoms with Crippen LogP contribution in [-0.4, -0.2) is 13.6 Å². The Bertz CT molecular complexity index is 617. The van der Waals surface area contributed by atoms with Gasteiger partial charge in [-0.25, -0.2) is 13.1 Å². The lowest BCUT2D eigenvalue weighted by molar-refractivity contribution is 0.411. The summed E-state index contributed by atoms with van der Waals surface area (Å²) in [6.07, 6.45) is 1.39. The first kappa shape index (κ1) is 13.2. The maximum Gasteiger partial charge on any atom is 0.250 e. The molecular formula is C10H13N3O3S2. The lowest BCUT2D eigenvalue weighted by Gasteiger charge is -2.01. The number of nitrogens with one attached hydrogen (secondary N) is 1. The van der Waals surface area contributed by atoms with Gasteiger partial charge in [0, 0.05) is 17.5 Å². The third-order valence-corrected chi connectivity index (χ3v) is 5.52. The molecule has 8 heteroatoms. The molecule has 0 saturated heterocycles. The van der Waals surface area contributed by atoms with Crippen LogP contribution in [0.4, 0.5) is 0 Å². The Hall–Kier alpha value is -1.22. The molecule has 0 aliphatic carbocycles. The van der Waals surface area contributed by atoms with Crippen LogP contribution in [0.2, 0.25) is 0 Å². The summed E-state index contributed by atoms with van der Waals surface area (Å²) in [5, 5.41) is 3.63. The van der Waals surface area contributed by atoms with Gasteiger partial charge in [0.25, 0.3) is 0 Å². The van der Waals surface area contributed by atoms with Crippen molar-refractivity contribution in [3.8, 4) is 0 Å². The first-order chi connectivity index (χ1) is 8.53. The highest BCUT2D eigenvalue weighted by atomic mass is 32.2. The summed E-state index contributed by atoms with van der Waals surface area (Å²) in [6.45, 7) is 2.29. The van der Waals surface area contributed by atoms with E-state index in [1.54, 1.807) is 12.1 Å². The molecule has 2 rings (SSSR count). The highest BCUT2D eigenvalue weighted by molar-refractivity contribution is 7.91. The lowest BCUT2D eigenvalue weighted by atomic mass is 10.3. The minimum Gasteiger partial charge on any atom is -0.364 e. The van der Waals surface area contributed by atoms with E-state index in [4.69, 9.17) is 5.73 Å². The number of aromatic nitrogens is 1. The van der Waals surface area contributed by atoms with Crippen LogP contribution in [0.1, 0.15) is 16.1 Å². The smallest absolute Gasteiger partial charge is 0.250 e. The zero-order chi connectivity index (χ0) is 13.2. The highest BCUT2D eigenvalue weighted by Gasteiger charge is 2.18. The van der Waals surface area contributed by atoms with Gasteiger partial charge >= 0.3 is 0 Å². The number of nitrogens with two attached hydrogens (primary N) is 1. The van der Waals surface area contributed by atoms with Crippen molar-refractivity contribution in [1.82, 2.24) is 9.88 Å². The van der Waals surface area contributed by atoms with Crippen LogP contribution in [0.25, 0.3) is 0 Å². The van der Waals surface area contributed by atoms with Crippen molar-refractivity contribution in [3.63, 3.8) is 0 Å². The van der Waals surface area contributed by atoms with Crippen LogP contribution in [0.5, 0.6) is 0 Å². The minimum absolute atomic E-state index is 0.105. The maximum atomic E-state index is 12.0. The summed E-state index contributed by atoms with van der Waals surface area (Å²) in [5.41, 5.74) is 6.96. The van der Waals surface area contributed by atoms with Gasteiger partial charge in [-0.3, -0.25) is 0 Å². The summed E-state index contributed by atoms with van der Waals surface area (Å²) >= 11 is 1.18. The number of aryl methyl sites for hydroxylation is 1. The van der Waals surface area contributed by atoms with Crippen LogP contribution in [-0.2, 0) is 23.1 Å². The van der Waals surface area contributed by atoms with Gasteiger partial charge in [0.2, 0.25) is 10.0 Å². The molecule has 0 aliphatic rings. The van der Waals surface area contributed by atoms with Crippen molar-refractivity contribution in [2.24, 2.45) is 5.73 Å². The molecule has 0 amide bonds. The van der Waals surface area contributed by atoms with E-state index in [9.17, 15) is 8.42 Å². The molecule has 6 nitrogen and oxygen atoms in total. The quantitative estimate of drug-likeness (QED) is 0.854. The van der Waals surface area contributed by atoms with E-state index < -0.39 is 10.0 Å². The van der Waals surface area contributed by atoms with Gasteiger partial charge in [0.05, 0.1) is 12.2 Å². The summed E-state index contributed by atoms with van der Waals surface area (Å²) in [4.78, 5) is 0.872. The molecule has 0 bridgehead atoms. The molecule has 3 N–H and O–H groups in total. The predicted octanol–water partition coefficient (Wildman–Crippen LogP) is 0.982. The van der Waals surface area contributed by atoms with Crippen molar-refractivity contribution in [1.29, 1.82) is 0 Å². The summed E-state index contributed by atoms with van der Waals surface area (Å²) in [5.74, 6) is 0. The second-order valence-corrected chi connectivity index (χ2v) is 6.82. The van der Waals surface area contributed by atoms with E-state index in [1.807, 2.05) is 6.92 Å². The molecule has 0 spiro atoms. The second-order valence-electron chi connectivity index (χ2n) is 3.69. The Morgan fingerprint density at radius 1 is 1.56 bits per heavy atom. The Morgan fingerprint density at radius 2 is 2.33 bits per heavy atom. The fourth-order valence-corrected chi connectivity index (χ4v) is 3.90. The lowest BCUT2D eigenvalue weighted by Crippen LogP contribution is -2.22. The maximum absolute atomic E-state index is 12.0. The summed E-state index contributed by atoms with van der Waals surface area (Å²) in [6, 6.07) is 3.23. The third kappa shape index (κ3) is 2.78. The van der Waals surface area contributed by atoms with Gasteiger partial charge in [-0.15, -0.1) is 11.3 Å². The van der Waals surface area contributed by atoms with E-state index in [1.165, 1.54) is 17.6 Å². The van der Waals surface area contributed by atoms with Crippen LogP contribution in [0.3, 0.4) is 0 Å². The Labute approximate surface area is 109 Å². The normalized spacial score (nSPS) is 11.9. The van der Waals surface area contributed by atoms with Crippen LogP contribution in [0.15, 0.2) is 27.1 Å². The molecule has 0 atom stereocenters. The molecule has 2 heterocycles. The first-order valence-corrected chi connectivity index (χ1v) is 7.51. The zero-order valence-corrected chi connectivity index (χ0v) is 11.3. The van der Waals surface area contributed by atoms with E-state index in [0.717, 1.165) is 10.4 Å². The van der Waals surface area contributed by atoms with Gasteiger partial charge in [-0.2, -0.15) is 0 Å². The predicted molar refractivity (Wildman–Crippen MR) is 67.5 cm³/mol. The first-order valence-electron chi connectivity index (χ1n) is 5.21. The van der Waals surface area contributed by atoms with Crippen molar-refractivity contribution in [2.45, 2.75) is 24.2 Å². The average Bonchev–Trinajstić information content (AvgIpc) is 2.95. The van der Waals surface area contributed by atoms with Gasteiger partial charge in [-0.1, -0.05) is 5.16 Å². The van der Waals surface area contributed by atoms with Gasteiger partial charge in [-0.05, 0) is 18.6 Å². The van der Waals surface area contributed by atoms with Crippen LogP contribution < -0.4 is 10.5 Å². The molecule has 0 fully saturated rings. The molecule has 98 valence electrons. The monoisotopic (exact) mass is 287 g/mol. The molecule has 2 aromatic rings. The van der Waals surface area contributed by atoms with Crippen molar-refractivity contribution < 1.29 is 12.9 Å². The van der Waals surface area contributed by atoms with Gasteiger partial charge in [0.15, 0.2) is 0 Å². The highest BCUT2D eigenvalue weighted by Crippen LogP contribution is 2.25.